The van der Waals surface area contributed by atoms with Gasteiger partial charge < -0.3 is 4.90 Å². The van der Waals surface area contributed by atoms with Crippen molar-refractivity contribution in [1.29, 1.82) is 0 Å². The van der Waals surface area contributed by atoms with Crippen LogP contribution in [0.4, 0.5) is 5.69 Å². The number of thioether (sulfide) groups is 1. The number of hydrogen-bond donors (Lipinski definition) is 1. The Morgan fingerprint density at radius 3 is 2.48 bits per heavy atom. The van der Waals surface area contributed by atoms with Gasteiger partial charge in [0.2, 0.25) is 0 Å². The average Bonchev–Trinajstić information content (AvgIpc) is 3.08. The highest BCUT2D eigenvalue weighted by atomic mass is 32.2. The third-order valence-electron chi connectivity index (χ3n) is 5.39. The quantitative estimate of drug-likeness (QED) is 0.356. The molecule has 1 amide bonds. The summed E-state index contributed by atoms with van der Waals surface area (Å²) in [7, 11) is -4.00. The first kappa shape index (κ1) is 23.7. The first-order valence-corrected chi connectivity index (χ1v) is 12.8. The van der Waals surface area contributed by atoms with Crippen molar-refractivity contribution in [1.82, 2.24) is 4.90 Å². The molecule has 0 radical (unpaired) electrons. The van der Waals surface area contributed by atoms with Gasteiger partial charge in [0.05, 0.1) is 10.7 Å². The molecule has 0 bridgehead atoms. The Morgan fingerprint density at radius 1 is 1.16 bits per heavy atom. The van der Waals surface area contributed by atoms with Crippen molar-refractivity contribution in [2.45, 2.75) is 32.6 Å². The zero-order valence-corrected chi connectivity index (χ0v) is 20.2. The van der Waals surface area contributed by atoms with Gasteiger partial charge in [0, 0.05) is 29.9 Å². The molecule has 2 heterocycles. The molecule has 1 fully saturated rings. The van der Waals surface area contributed by atoms with Crippen LogP contribution >= 0.6 is 24.0 Å². The molecule has 166 valence electrons. The second-order valence-corrected chi connectivity index (χ2v) is 11.1. The minimum absolute atomic E-state index is 0.0738. The fourth-order valence-corrected chi connectivity index (χ4v) is 5.69. The average molecular weight is 479 g/mol. The van der Waals surface area contributed by atoms with E-state index in [9.17, 15) is 13.2 Å². The van der Waals surface area contributed by atoms with Crippen LogP contribution in [0.25, 0.3) is 0 Å². The van der Waals surface area contributed by atoms with E-state index in [0.29, 0.717) is 28.7 Å². The number of amides is 1. The number of carbonyl (C=O) groups excluding carboxylic acids is 1. The second kappa shape index (κ2) is 9.28. The number of benzene rings is 1. The molecule has 6 nitrogen and oxygen atoms in total. The maximum Gasteiger partial charge on any atom is 0.266 e. The second-order valence-electron chi connectivity index (χ2n) is 7.82. The zero-order chi connectivity index (χ0) is 22.8. The number of anilines is 1. The summed E-state index contributed by atoms with van der Waals surface area (Å²) < 4.78 is 32.0. The highest BCUT2D eigenvalue weighted by molar-refractivity contribution is 8.26. The van der Waals surface area contributed by atoms with Gasteiger partial charge in [-0.15, -0.1) is 0 Å². The number of allylic oxidation sites excluding steroid dienone is 5. The molecule has 0 aliphatic carbocycles. The van der Waals surface area contributed by atoms with Crippen LogP contribution in [0.1, 0.15) is 32.8 Å². The topological polar surface area (TPSA) is 77.9 Å². The Labute approximate surface area is 193 Å². The molecular formula is C22H26N2O4S3. The van der Waals surface area contributed by atoms with E-state index >= 15 is 0 Å². The number of nitrogens with zero attached hydrogens (tertiary/aromatic N) is 2. The molecule has 1 saturated heterocycles. The van der Waals surface area contributed by atoms with Crippen molar-refractivity contribution >= 4 is 50.0 Å². The van der Waals surface area contributed by atoms with Gasteiger partial charge in [-0.1, -0.05) is 68.2 Å². The third kappa shape index (κ3) is 5.11. The van der Waals surface area contributed by atoms with E-state index in [1.54, 1.807) is 11.0 Å². The van der Waals surface area contributed by atoms with Gasteiger partial charge in [-0.2, -0.15) is 8.42 Å². The Kier molecular flexibility index (Phi) is 7.10. The predicted octanol–water partition coefficient (Wildman–Crippen LogP) is 4.27. The number of rotatable bonds is 7. The first-order valence-electron chi connectivity index (χ1n) is 10.0. The number of likely N-dealkylation sites (N-methyl/N-ethyl adjacent to an activating group) is 1. The maximum absolute atomic E-state index is 12.3. The molecule has 31 heavy (non-hydrogen) atoms. The Hall–Kier alpha value is -1.94. The molecule has 0 spiro atoms. The van der Waals surface area contributed by atoms with Gasteiger partial charge in [-0.05, 0) is 37.1 Å². The van der Waals surface area contributed by atoms with Crippen molar-refractivity contribution in [2.75, 3.05) is 23.7 Å². The van der Waals surface area contributed by atoms with Crippen LogP contribution in [-0.2, 0) is 20.3 Å². The van der Waals surface area contributed by atoms with Crippen molar-refractivity contribution in [2.24, 2.45) is 0 Å². The van der Waals surface area contributed by atoms with Gasteiger partial charge in [-0.3, -0.25) is 14.2 Å². The lowest BCUT2D eigenvalue weighted by atomic mass is 9.84. The molecular weight excluding hydrogens is 452 g/mol. The zero-order valence-electron chi connectivity index (χ0n) is 17.7. The maximum atomic E-state index is 12.3. The van der Waals surface area contributed by atoms with Crippen LogP contribution < -0.4 is 4.90 Å². The molecule has 2 aliphatic rings. The Morgan fingerprint density at radius 2 is 1.84 bits per heavy atom. The lowest BCUT2D eigenvalue weighted by molar-refractivity contribution is -0.122. The molecule has 1 aromatic rings. The van der Waals surface area contributed by atoms with Gasteiger partial charge in [0.25, 0.3) is 16.0 Å². The molecule has 0 atom stereocenters. The smallest absolute Gasteiger partial charge is 0.266 e. The summed E-state index contributed by atoms with van der Waals surface area (Å²) >= 11 is 6.53. The van der Waals surface area contributed by atoms with Crippen LogP contribution in [0, 0.1) is 0 Å². The molecule has 9 heteroatoms. The molecule has 3 rings (SSSR count). The fraction of sp³-hybridized carbons (Fsp3) is 0.364. The summed E-state index contributed by atoms with van der Waals surface area (Å²) in [6, 6.07) is 8.04. The lowest BCUT2D eigenvalue weighted by Crippen LogP contribution is -2.28. The van der Waals surface area contributed by atoms with Crippen molar-refractivity contribution in [3.05, 3.63) is 64.7 Å². The van der Waals surface area contributed by atoms with Crippen molar-refractivity contribution in [3.8, 4) is 0 Å². The van der Waals surface area contributed by atoms with E-state index in [4.69, 9.17) is 16.8 Å². The first-order chi connectivity index (χ1) is 14.6. The summed E-state index contributed by atoms with van der Waals surface area (Å²) in [5.74, 6) is -0.357. The highest BCUT2D eigenvalue weighted by Crippen LogP contribution is 2.47. The van der Waals surface area contributed by atoms with Crippen molar-refractivity contribution in [3.63, 3.8) is 0 Å². The number of fused-ring (bicyclic) bond motifs is 1. The molecule has 0 unspecified atom stereocenters. The standard InChI is InChI=1S/C22H26N2O4S3/c1-4-23-20(25)18(30-21(23)29)12-7-8-13-19-22(2,3)16-10-5-6-11-17(16)24(19)14-9-15-31(26,27)28/h5-8,10-13H,4,9,14-15H2,1-3H3,(H,26,27,28). The van der Waals surface area contributed by atoms with Gasteiger partial charge in [0.15, 0.2) is 0 Å². The lowest BCUT2D eigenvalue weighted by Gasteiger charge is -2.27. The molecule has 1 aromatic carbocycles. The molecule has 1 N–H and O–H groups in total. The normalized spacial score (nSPS) is 21.2. The van der Waals surface area contributed by atoms with Crippen LogP contribution in [0.15, 0.2) is 59.2 Å². The number of thiocarbonyl (C=S) groups is 1. The van der Waals surface area contributed by atoms with E-state index in [-0.39, 0.29) is 17.1 Å². The Balaban J connectivity index is 1.85. The van der Waals surface area contributed by atoms with E-state index in [1.165, 1.54) is 11.8 Å². The predicted molar refractivity (Wildman–Crippen MR) is 131 cm³/mol. The monoisotopic (exact) mass is 478 g/mol. The SMILES string of the molecule is CCN1C(=O)C(=CC=CC=C2N(CCCS(=O)(=O)O)c3ccccc3C2(C)C)SC1=S. The summed E-state index contributed by atoms with van der Waals surface area (Å²) in [6.07, 6.45) is 7.78. The summed E-state index contributed by atoms with van der Waals surface area (Å²) in [5.41, 5.74) is 2.94. The molecule has 2 aliphatic heterocycles. The summed E-state index contributed by atoms with van der Waals surface area (Å²) in [5, 5.41) is 0. The summed E-state index contributed by atoms with van der Waals surface area (Å²) in [6.45, 7) is 7.17. The molecule has 0 aromatic heterocycles. The van der Waals surface area contributed by atoms with Crippen LogP contribution in [0.3, 0.4) is 0 Å². The fourth-order valence-electron chi connectivity index (χ4n) is 3.86. The highest BCUT2D eigenvalue weighted by Gasteiger charge is 2.39. The van der Waals surface area contributed by atoms with E-state index in [2.05, 4.69) is 24.8 Å². The van der Waals surface area contributed by atoms with Crippen LogP contribution in [0.2, 0.25) is 0 Å². The summed E-state index contributed by atoms with van der Waals surface area (Å²) in [4.78, 5) is 16.6. The number of carbonyl (C=O) groups is 1. The Bertz CT molecular complexity index is 1090. The molecule has 0 saturated carbocycles. The number of para-hydroxylation sites is 1. The van der Waals surface area contributed by atoms with Crippen molar-refractivity contribution < 1.29 is 17.8 Å². The van der Waals surface area contributed by atoms with E-state index in [1.807, 2.05) is 43.4 Å². The van der Waals surface area contributed by atoms with E-state index < -0.39 is 10.1 Å². The van der Waals surface area contributed by atoms with Gasteiger partial charge in [-0.25, -0.2) is 0 Å². The van der Waals surface area contributed by atoms with Crippen LogP contribution in [0.5, 0.6) is 0 Å². The van der Waals surface area contributed by atoms with Gasteiger partial charge >= 0.3 is 0 Å². The minimum atomic E-state index is -4.00. The minimum Gasteiger partial charge on any atom is -0.344 e. The van der Waals surface area contributed by atoms with Gasteiger partial charge in [0.1, 0.15) is 4.32 Å². The third-order valence-corrected chi connectivity index (χ3v) is 7.59. The number of hydrogen-bond acceptors (Lipinski definition) is 6. The van der Waals surface area contributed by atoms with Crippen LogP contribution in [-0.4, -0.2) is 46.9 Å². The van der Waals surface area contributed by atoms with E-state index in [0.717, 1.165) is 16.9 Å². The largest absolute Gasteiger partial charge is 0.344 e.